The summed E-state index contributed by atoms with van der Waals surface area (Å²) >= 11 is 0. The second-order valence-corrected chi connectivity index (χ2v) is 6.96. The average Bonchev–Trinajstić information content (AvgIpc) is 3.06. The van der Waals surface area contributed by atoms with Crippen LogP contribution in [0.15, 0.2) is 30.5 Å². The van der Waals surface area contributed by atoms with Crippen LogP contribution in [0, 0.1) is 5.41 Å². The summed E-state index contributed by atoms with van der Waals surface area (Å²) in [5.74, 6) is 0.128. The topological polar surface area (TPSA) is 44.9 Å². The van der Waals surface area contributed by atoms with Crippen molar-refractivity contribution in [3.8, 4) is 0 Å². The van der Waals surface area contributed by atoms with E-state index in [-0.39, 0.29) is 16.7 Å². The third-order valence-corrected chi connectivity index (χ3v) is 4.28. The normalized spacial score (nSPS) is 17.1. The van der Waals surface area contributed by atoms with Crippen LogP contribution in [0.4, 0.5) is 0 Å². The van der Waals surface area contributed by atoms with E-state index in [4.69, 9.17) is 0 Å². The van der Waals surface area contributed by atoms with Crippen LogP contribution in [0.3, 0.4) is 0 Å². The number of carbonyl (C=O) groups excluding carboxylic acids is 1. The number of nitrogens with one attached hydrogen (secondary N) is 2. The Morgan fingerprint density at radius 2 is 2.00 bits per heavy atom. The van der Waals surface area contributed by atoms with Crippen LogP contribution < -0.4 is 5.32 Å². The summed E-state index contributed by atoms with van der Waals surface area (Å²) in [4.78, 5) is 15.4. The second-order valence-electron chi connectivity index (χ2n) is 6.96. The van der Waals surface area contributed by atoms with Crippen molar-refractivity contribution in [1.29, 1.82) is 0 Å². The van der Waals surface area contributed by atoms with Crippen LogP contribution in [-0.4, -0.2) is 17.4 Å². The maximum absolute atomic E-state index is 12.1. The van der Waals surface area contributed by atoms with Gasteiger partial charge in [0, 0.05) is 34.5 Å². The molecule has 1 fully saturated rings. The molecule has 1 saturated carbocycles. The molecule has 0 unspecified atom stereocenters. The molecule has 0 atom stereocenters. The smallest absolute Gasteiger partial charge is 0.225 e. The predicted molar refractivity (Wildman–Crippen MR) is 81.7 cm³/mol. The number of benzene rings is 1. The predicted octanol–water partition coefficient (Wildman–Crippen LogP) is 3.36. The summed E-state index contributed by atoms with van der Waals surface area (Å²) in [5, 5.41) is 4.41. The number of hydrogen-bond donors (Lipinski definition) is 2. The third kappa shape index (κ3) is 2.21. The minimum atomic E-state index is -0.323. The fourth-order valence-corrected chi connectivity index (χ4v) is 2.72. The quantitative estimate of drug-likeness (QED) is 0.882. The largest absolute Gasteiger partial charge is 0.361 e. The van der Waals surface area contributed by atoms with Gasteiger partial charge in [-0.3, -0.25) is 4.79 Å². The van der Waals surface area contributed by atoms with Gasteiger partial charge in [-0.2, -0.15) is 0 Å². The van der Waals surface area contributed by atoms with Crippen LogP contribution in [0.25, 0.3) is 10.9 Å². The first kappa shape index (κ1) is 13.2. The molecule has 1 heterocycles. The molecular weight excluding hydrogens is 248 g/mol. The SMILES string of the molecule is CC(C)(C)C(=O)NCC1(c2c[nH]c3ccccc23)CC1. The highest BCUT2D eigenvalue weighted by Gasteiger charge is 2.46. The monoisotopic (exact) mass is 270 g/mol. The molecule has 1 aromatic heterocycles. The highest BCUT2D eigenvalue weighted by molar-refractivity contribution is 5.85. The van der Waals surface area contributed by atoms with Crippen molar-refractivity contribution in [3.05, 3.63) is 36.0 Å². The lowest BCUT2D eigenvalue weighted by molar-refractivity contribution is -0.128. The van der Waals surface area contributed by atoms with Gasteiger partial charge < -0.3 is 10.3 Å². The Morgan fingerprint density at radius 1 is 1.30 bits per heavy atom. The lowest BCUT2D eigenvalue weighted by atomic mass is 9.92. The standard InChI is InChI=1S/C17H22N2O/c1-16(2,3)15(20)19-11-17(8-9-17)13-10-18-14-7-5-4-6-12(13)14/h4-7,10,18H,8-9,11H2,1-3H3,(H,19,20). The number of amides is 1. The van der Waals surface area contributed by atoms with Gasteiger partial charge in [-0.1, -0.05) is 39.0 Å². The zero-order valence-corrected chi connectivity index (χ0v) is 12.4. The molecule has 0 bridgehead atoms. The van der Waals surface area contributed by atoms with Gasteiger partial charge in [0.15, 0.2) is 0 Å². The minimum absolute atomic E-state index is 0.128. The van der Waals surface area contributed by atoms with Crippen molar-refractivity contribution in [2.45, 2.75) is 39.0 Å². The number of para-hydroxylation sites is 1. The molecular formula is C17H22N2O. The molecule has 0 aliphatic heterocycles. The number of fused-ring (bicyclic) bond motifs is 1. The summed E-state index contributed by atoms with van der Waals surface area (Å²) in [7, 11) is 0. The fourth-order valence-electron chi connectivity index (χ4n) is 2.72. The molecule has 2 N–H and O–H groups in total. The molecule has 0 spiro atoms. The van der Waals surface area contributed by atoms with Crippen molar-refractivity contribution in [1.82, 2.24) is 10.3 Å². The van der Waals surface area contributed by atoms with E-state index in [1.807, 2.05) is 26.8 Å². The van der Waals surface area contributed by atoms with Crippen molar-refractivity contribution >= 4 is 16.8 Å². The van der Waals surface area contributed by atoms with Crippen molar-refractivity contribution in [2.75, 3.05) is 6.54 Å². The van der Waals surface area contributed by atoms with E-state index < -0.39 is 0 Å². The van der Waals surface area contributed by atoms with Crippen LogP contribution in [0.5, 0.6) is 0 Å². The number of rotatable bonds is 3. The van der Waals surface area contributed by atoms with Gasteiger partial charge in [0.05, 0.1) is 0 Å². The van der Waals surface area contributed by atoms with Crippen LogP contribution >= 0.6 is 0 Å². The number of carbonyl (C=O) groups is 1. The molecule has 2 aromatic rings. The molecule has 3 heteroatoms. The van der Waals surface area contributed by atoms with E-state index >= 15 is 0 Å². The zero-order chi connectivity index (χ0) is 14.4. The van der Waals surface area contributed by atoms with Gasteiger partial charge in [0.2, 0.25) is 5.91 Å². The molecule has 20 heavy (non-hydrogen) atoms. The number of aromatic nitrogens is 1. The maximum atomic E-state index is 12.1. The summed E-state index contributed by atoms with van der Waals surface area (Å²) in [6.07, 6.45) is 4.42. The van der Waals surface area contributed by atoms with Crippen LogP contribution in [0.2, 0.25) is 0 Å². The Bertz CT molecular complexity index is 644. The number of H-pyrrole nitrogens is 1. The molecule has 0 saturated heterocycles. The first-order valence-electron chi connectivity index (χ1n) is 7.27. The van der Waals surface area contributed by atoms with Crippen molar-refractivity contribution in [3.63, 3.8) is 0 Å². The van der Waals surface area contributed by atoms with Crippen LogP contribution in [0.1, 0.15) is 39.2 Å². The molecule has 3 rings (SSSR count). The molecule has 1 aliphatic carbocycles. The lowest BCUT2D eigenvalue weighted by Gasteiger charge is -2.21. The van der Waals surface area contributed by atoms with Crippen molar-refractivity contribution < 1.29 is 4.79 Å². The first-order chi connectivity index (χ1) is 9.42. The molecule has 3 nitrogen and oxygen atoms in total. The van der Waals surface area contributed by atoms with Gasteiger partial charge in [-0.15, -0.1) is 0 Å². The molecule has 1 aromatic carbocycles. The summed E-state index contributed by atoms with van der Waals surface area (Å²) in [5.41, 5.74) is 2.34. The Kier molecular flexibility index (Phi) is 2.89. The number of aromatic amines is 1. The lowest BCUT2D eigenvalue weighted by Crippen LogP contribution is -2.39. The highest BCUT2D eigenvalue weighted by Crippen LogP contribution is 2.50. The maximum Gasteiger partial charge on any atom is 0.225 e. The molecule has 0 radical (unpaired) electrons. The summed E-state index contributed by atoms with van der Waals surface area (Å²) in [6.45, 7) is 6.60. The number of hydrogen-bond acceptors (Lipinski definition) is 1. The molecule has 1 amide bonds. The van der Waals surface area contributed by atoms with E-state index in [2.05, 4.69) is 34.7 Å². The zero-order valence-electron chi connectivity index (χ0n) is 12.4. The van der Waals surface area contributed by atoms with E-state index in [1.54, 1.807) is 0 Å². The fraction of sp³-hybridized carbons (Fsp3) is 0.471. The van der Waals surface area contributed by atoms with Gasteiger partial charge in [-0.25, -0.2) is 0 Å². The Hall–Kier alpha value is -1.77. The molecule has 1 aliphatic rings. The van der Waals surface area contributed by atoms with Crippen molar-refractivity contribution in [2.24, 2.45) is 5.41 Å². The van der Waals surface area contributed by atoms with E-state index in [9.17, 15) is 4.79 Å². The Labute approximate surface area is 119 Å². The minimum Gasteiger partial charge on any atom is -0.361 e. The average molecular weight is 270 g/mol. The Morgan fingerprint density at radius 3 is 2.65 bits per heavy atom. The van der Waals surface area contributed by atoms with Gasteiger partial charge >= 0.3 is 0 Å². The summed E-state index contributed by atoms with van der Waals surface area (Å²) in [6, 6.07) is 8.38. The Balaban J connectivity index is 1.81. The summed E-state index contributed by atoms with van der Waals surface area (Å²) < 4.78 is 0. The van der Waals surface area contributed by atoms with E-state index in [0.29, 0.717) is 0 Å². The van der Waals surface area contributed by atoms with Gasteiger partial charge in [0.1, 0.15) is 0 Å². The van der Waals surface area contributed by atoms with Crippen LogP contribution in [-0.2, 0) is 10.2 Å². The first-order valence-corrected chi connectivity index (χ1v) is 7.27. The van der Waals surface area contributed by atoms with Gasteiger partial charge in [-0.05, 0) is 24.5 Å². The molecule has 106 valence electrons. The van der Waals surface area contributed by atoms with E-state index in [1.165, 1.54) is 16.5 Å². The second kappa shape index (κ2) is 4.37. The van der Waals surface area contributed by atoms with Gasteiger partial charge in [0.25, 0.3) is 0 Å². The highest BCUT2D eigenvalue weighted by atomic mass is 16.2. The van der Waals surface area contributed by atoms with E-state index in [0.717, 1.165) is 19.4 Å². The third-order valence-electron chi connectivity index (χ3n) is 4.28.